The van der Waals surface area contributed by atoms with E-state index in [1.54, 1.807) is 0 Å². The minimum absolute atomic E-state index is 0.195. The van der Waals surface area contributed by atoms with Gasteiger partial charge in [0.15, 0.2) is 0 Å². The third-order valence-electron chi connectivity index (χ3n) is 3.93. The summed E-state index contributed by atoms with van der Waals surface area (Å²) in [5.41, 5.74) is 0.260. The number of carbonyl (C=O) groups excluding carboxylic acids is 1. The van der Waals surface area contributed by atoms with Crippen LogP contribution in [0.1, 0.15) is 53.4 Å². The highest BCUT2D eigenvalue weighted by Gasteiger charge is 2.21. The Bertz CT molecular complexity index is 239. The lowest BCUT2D eigenvalue weighted by molar-refractivity contribution is -0.122. The Morgan fingerprint density at radius 3 is 2.65 bits per heavy atom. The molecule has 2 atom stereocenters. The molecule has 0 bridgehead atoms. The van der Waals surface area contributed by atoms with Crippen LogP contribution in [0.5, 0.6) is 0 Å². The van der Waals surface area contributed by atoms with Gasteiger partial charge < -0.3 is 10.6 Å². The molecular weight excluding hydrogens is 212 g/mol. The highest BCUT2D eigenvalue weighted by molar-refractivity contribution is 5.76. The van der Waals surface area contributed by atoms with Crippen LogP contribution in [0.25, 0.3) is 0 Å². The minimum atomic E-state index is 0.195. The van der Waals surface area contributed by atoms with E-state index in [0.29, 0.717) is 18.4 Å². The monoisotopic (exact) mass is 240 g/mol. The van der Waals surface area contributed by atoms with Gasteiger partial charge in [-0.25, -0.2) is 0 Å². The molecule has 2 unspecified atom stereocenters. The predicted molar refractivity (Wildman–Crippen MR) is 71.9 cm³/mol. The van der Waals surface area contributed by atoms with Crippen LogP contribution in [0, 0.1) is 11.3 Å². The van der Waals surface area contributed by atoms with E-state index < -0.39 is 0 Å². The molecule has 0 spiro atoms. The van der Waals surface area contributed by atoms with Crippen molar-refractivity contribution in [2.24, 2.45) is 11.3 Å². The standard InChI is InChI=1S/C14H28N2O/c1-11(14(2,3)4)10-16-13(17)9-12-7-5-6-8-15-12/h11-12,15H,5-10H2,1-4H3,(H,16,17). The molecule has 1 fully saturated rings. The van der Waals surface area contributed by atoms with E-state index >= 15 is 0 Å². The average Bonchev–Trinajstić information content (AvgIpc) is 2.26. The Kier molecular flexibility index (Phi) is 5.44. The Morgan fingerprint density at radius 2 is 2.12 bits per heavy atom. The van der Waals surface area contributed by atoms with Gasteiger partial charge in [0.1, 0.15) is 0 Å². The molecule has 1 aliphatic heterocycles. The first-order valence-corrected chi connectivity index (χ1v) is 6.89. The van der Waals surface area contributed by atoms with Crippen LogP contribution in [0.3, 0.4) is 0 Å². The third-order valence-corrected chi connectivity index (χ3v) is 3.93. The van der Waals surface area contributed by atoms with Crippen LogP contribution in [-0.2, 0) is 4.79 Å². The van der Waals surface area contributed by atoms with E-state index in [2.05, 4.69) is 38.3 Å². The number of hydrogen-bond donors (Lipinski definition) is 2. The normalized spacial score (nSPS) is 23.2. The van der Waals surface area contributed by atoms with E-state index in [0.717, 1.165) is 19.5 Å². The summed E-state index contributed by atoms with van der Waals surface area (Å²) in [6, 6.07) is 0.397. The van der Waals surface area contributed by atoms with Gasteiger partial charge in [0, 0.05) is 19.0 Å². The molecule has 0 aromatic heterocycles. The van der Waals surface area contributed by atoms with Crippen molar-refractivity contribution in [3.63, 3.8) is 0 Å². The number of piperidine rings is 1. The zero-order chi connectivity index (χ0) is 12.9. The molecule has 0 radical (unpaired) electrons. The zero-order valence-corrected chi connectivity index (χ0v) is 11.8. The molecular formula is C14H28N2O. The number of amides is 1. The summed E-state index contributed by atoms with van der Waals surface area (Å²) in [6.07, 6.45) is 4.28. The summed E-state index contributed by atoms with van der Waals surface area (Å²) in [6.45, 7) is 10.7. The summed E-state index contributed by atoms with van der Waals surface area (Å²) in [5.74, 6) is 0.700. The molecule has 1 amide bonds. The van der Waals surface area contributed by atoms with E-state index in [1.807, 2.05) is 0 Å². The maximum atomic E-state index is 11.8. The highest BCUT2D eigenvalue weighted by atomic mass is 16.1. The maximum absolute atomic E-state index is 11.8. The molecule has 0 saturated carbocycles. The van der Waals surface area contributed by atoms with Crippen molar-refractivity contribution in [2.45, 2.75) is 59.4 Å². The van der Waals surface area contributed by atoms with Crippen LogP contribution in [0.4, 0.5) is 0 Å². The average molecular weight is 240 g/mol. The molecule has 3 heteroatoms. The van der Waals surface area contributed by atoms with Gasteiger partial charge in [0.05, 0.1) is 0 Å². The minimum Gasteiger partial charge on any atom is -0.356 e. The number of nitrogens with one attached hydrogen (secondary N) is 2. The van der Waals surface area contributed by atoms with Gasteiger partial charge in [-0.05, 0) is 30.7 Å². The van der Waals surface area contributed by atoms with Crippen molar-refractivity contribution in [3.8, 4) is 0 Å². The van der Waals surface area contributed by atoms with Crippen molar-refractivity contribution in [3.05, 3.63) is 0 Å². The molecule has 1 heterocycles. The van der Waals surface area contributed by atoms with Crippen LogP contribution >= 0.6 is 0 Å². The van der Waals surface area contributed by atoms with Crippen molar-refractivity contribution in [1.29, 1.82) is 0 Å². The Morgan fingerprint density at radius 1 is 1.41 bits per heavy atom. The maximum Gasteiger partial charge on any atom is 0.221 e. The molecule has 1 rings (SSSR count). The van der Waals surface area contributed by atoms with E-state index in [9.17, 15) is 4.79 Å². The summed E-state index contributed by atoms with van der Waals surface area (Å²) in [4.78, 5) is 11.8. The second kappa shape index (κ2) is 6.39. The topological polar surface area (TPSA) is 41.1 Å². The molecule has 3 nitrogen and oxygen atoms in total. The van der Waals surface area contributed by atoms with Gasteiger partial charge in [0.2, 0.25) is 5.91 Å². The lowest BCUT2D eigenvalue weighted by Gasteiger charge is -2.28. The second-order valence-corrected chi connectivity index (χ2v) is 6.42. The number of rotatable bonds is 4. The Labute approximate surface area is 106 Å². The molecule has 1 saturated heterocycles. The van der Waals surface area contributed by atoms with Crippen molar-refractivity contribution in [1.82, 2.24) is 10.6 Å². The zero-order valence-electron chi connectivity index (χ0n) is 11.8. The number of carbonyl (C=O) groups is 1. The van der Waals surface area contributed by atoms with Gasteiger partial charge >= 0.3 is 0 Å². The van der Waals surface area contributed by atoms with Crippen LogP contribution in [0.2, 0.25) is 0 Å². The van der Waals surface area contributed by atoms with E-state index in [1.165, 1.54) is 12.8 Å². The quantitative estimate of drug-likeness (QED) is 0.792. The fraction of sp³-hybridized carbons (Fsp3) is 0.929. The van der Waals surface area contributed by atoms with Gasteiger partial charge in [0.25, 0.3) is 0 Å². The molecule has 1 aliphatic rings. The van der Waals surface area contributed by atoms with E-state index in [-0.39, 0.29) is 11.3 Å². The first-order chi connectivity index (χ1) is 7.89. The molecule has 0 aliphatic carbocycles. The van der Waals surface area contributed by atoms with Crippen LogP contribution in [0.15, 0.2) is 0 Å². The summed E-state index contributed by atoms with van der Waals surface area (Å²) >= 11 is 0. The lowest BCUT2D eigenvalue weighted by Crippen LogP contribution is -2.40. The van der Waals surface area contributed by atoms with Crippen LogP contribution in [-0.4, -0.2) is 25.0 Å². The fourth-order valence-electron chi connectivity index (χ4n) is 1.97. The molecule has 0 aromatic carbocycles. The summed E-state index contributed by atoms with van der Waals surface area (Å²) in [7, 11) is 0. The predicted octanol–water partition coefficient (Wildman–Crippen LogP) is 2.32. The van der Waals surface area contributed by atoms with Gasteiger partial charge in [-0.3, -0.25) is 4.79 Å². The largest absolute Gasteiger partial charge is 0.356 e. The van der Waals surface area contributed by atoms with Gasteiger partial charge in [-0.2, -0.15) is 0 Å². The van der Waals surface area contributed by atoms with Crippen LogP contribution < -0.4 is 10.6 Å². The SMILES string of the molecule is CC(CNC(=O)CC1CCCCN1)C(C)(C)C. The van der Waals surface area contributed by atoms with Gasteiger partial charge in [-0.1, -0.05) is 34.1 Å². The third kappa shape index (κ3) is 5.53. The highest BCUT2D eigenvalue weighted by Crippen LogP contribution is 2.24. The molecule has 100 valence electrons. The number of hydrogen-bond acceptors (Lipinski definition) is 2. The second-order valence-electron chi connectivity index (χ2n) is 6.42. The van der Waals surface area contributed by atoms with Gasteiger partial charge in [-0.15, -0.1) is 0 Å². The Hall–Kier alpha value is -0.570. The first kappa shape index (κ1) is 14.5. The fourth-order valence-corrected chi connectivity index (χ4v) is 1.97. The lowest BCUT2D eigenvalue weighted by atomic mass is 9.82. The summed E-state index contributed by atoms with van der Waals surface area (Å²) < 4.78 is 0. The van der Waals surface area contributed by atoms with Crippen molar-refractivity contribution >= 4 is 5.91 Å². The molecule has 0 aromatic rings. The van der Waals surface area contributed by atoms with Crippen molar-refractivity contribution in [2.75, 3.05) is 13.1 Å². The Balaban J connectivity index is 2.20. The molecule has 2 N–H and O–H groups in total. The first-order valence-electron chi connectivity index (χ1n) is 6.89. The smallest absolute Gasteiger partial charge is 0.221 e. The van der Waals surface area contributed by atoms with Crippen molar-refractivity contribution < 1.29 is 4.79 Å². The summed E-state index contributed by atoms with van der Waals surface area (Å²) in [5, 5.41) is 6.46. The molecule has 17 heavy (non-hydrogen) atoms. The van der Waals surface area contributed by atoms with E-state index in [4.69, 9.17) is 0 Å².